The van der Waals surface area contributed by atoms with Crippen LogP contribution in [0, 0.1) is 5.82 Å². The Morgan fingerprint density at radius 2 is 1.75 bits per heavy atom. The van der Waals surface area contributed by atoms with Crippen molar-refractivity contribution in [2.75, 3.05) is 48.8 Å². The van der Waals surface area contributed by atoms with Gasteiger partial charge < -0.3 is 20.4 Å². The lowest BCUT2D eigenvalue weighted by Crippen LogP contribution is -2.45. The van der Waals surface area contributed by atoms with Crippen LogP contribution in [0.3, 0.4) is 0 Å². The molecule has 3 rings (SSSR count). The Morgan fingerprint density at radius 3 is 2.42 bits per heavy atom. The van der Waals surface area contributed by atoms with Crippen LogP contribution < -0.4 is 15.5 Å². The summed E-state index contributed by atoms with van der Waals surface area (Å²) in [5, 5.41) is 5.18. The Bertz CT molecular complexity index is 700. The number of nitrogens with one attached hydrogen (secondary N) is 2. The standard InChI is InChI=1S/C16H19FN6O/c1-22-5-7-23(8-6-22)15-18-10-14(11-19-15)21-16(24)20-13-4-2-3-12(17)9-13/h2-4,9-11H,5-8H2,1H3,(H2,20,21,24). The number of benzene rings is 1. The molecule has 2 amide bonds. The van der Waals surface area contributed by atoms with Gasteiger partial charge in [0.25, 0.3) is 0 Å². The van der Waals surface area contributed by atoms with Crippen LogP contribution in [0.15, 0.2) is 36.7 Å². The van der Waals surface area contributed by atoms with Crippen LogP contribution in [0.1, 0.15) is 0 Å². The lowest BCUT2D eigenvalue weighted by Gasteiger charge is -2.32. The Kier molecular flexibility index (Phi) is 4.85. The van der Waals surface area contributed by atoms with Gasteiger partial charge in [-0.2, -0.15) is 0 Å². The van der Waals surface area contributed by atoms with Gasteiger partial charge in [-0.3, -0.25) is 0 Å². The first-order valence-corrected chi connectivity index (χ1v) is 7.69. The third-order valence-corrected chi connectivity index (χ3v) is 3.76. The zero-order valence-electron chi connectivity index (χ0n) is 13.4. The van der Waals surface area contributed by atoms with Crippen LogP contribution in [-0.2, 0) is 0 Å². The van der Waals surface area contributed by atoms with Crippen LogP contribution in [0.4, 0.5) is 26.5 Å². The van der Waals surface area contributed by atoms with Crippen molar-refractivity contribution in [3.8, 4) is 0 Å². The van der Waals surface area contributed by atoms with Crippen LogP contribution in [-0.4, -0.2) is 54.1 Å². The fourth-order valence-electron chi connectivity index (χ4n) is 2.42. The first-order chi connectivity index (χ1) is 11.6. The highest BCUT2D eigenvalue weighted by molar-refractivity contribution is 5.99. The van der Waals surface area contributed by atoms with Gasteiger partial charge in [-0.1, -0.05) is 6.07 Å². The topological polar surface area (TPSA) is 73.4 Å². The maximum atomic E-state index is 13.1. The highest BCUT2D eigenvalue weighted by Gasteiger charge is 2.16. The molecule has 126 valence electrons. The SMILES string of the molecule is CN1CCN(c2ncc(NC(=O)Nc3cccc(F)c3)cn2)CC1. The van der Waals surface area contributed by atoms with Crippen molar-refractivity contribution in [1.29, 1.82) is 0 Å². The molecule has 2 aromatic rings. The maximum absolute atomic E-state index is 13.1. The van der Waals surface area contributed by atoms with Gasteiger partial charge in [-0.05, 0) is 25.2 Å². The molecule has 1 saturated heterocycles. The van der Waals surface area contributed by atoms with E-state index in [2.05, 4.69) is 37.4 Å². The summed E-state index contributed by atoms with van der Waals surface area (Å²) in [5.74, 6) is 0.242. The monoisotopic (exact) mass is 330 g/mol. The van der Waals surface area contributed by atoms with Gasteiger partial charge >= 0.3 is 6.03 Å². The molecule has 0 saturated carbocycles. The first-order valence-electron chi connectivity index (χ1n) is 7.69. The summed E-state index contributed by atoms with van der Waals surface area (Å²) < 4.78 is 13.1. The minimum atomic E-state index is -0.475. The molecule has 1 aliphatic rings. The summed E-state index contributed by atoms with van der Waals surface area (Å²) in [6.45, 7) is 3.70. The number of hydrogen-bond acceptors (Lipinski definition) is 5. The molecule has 0 unspecified atom stereocenters. The second-order valence-electron chi connectivity index (χ2n) is 5.65. The van der Waals surface area contributed by atoms with E-state index in [4.69, 9.17) is 0 Å². The molecule has 2 N–H and O–H groups in total. The van der Waals surface area contributed by atoms with Gasteiger partial charge in [-0.25, -0.2) is 19.2 Å². The number of hydrogen-bond donors (Lipinski definition) is 2. The molecule has 0 atom stereocenters. The Morgan fingerprint density at radius 1 is 1.08 bits per heavy atom. The Hall–Kier alpha value is -2.74. The maximum Gasteiger partial charge on any atom is 0.323 e. The normalized spacial score (nSPS) is 15.2. The van der Waals surface area contributed by atoms with E-state index in [1.807, 2.05) is 0 Å². The van der Waals surface area contributed by atoms with Gasteiger partial charge in [0.05, 0.1) is 18.1 Å². The zero-order valence-corrected chi connectivity index (χ0v) is 13.4. The summed E-state index contributed by atoms with van der Waals surface area (Å²) in [5.41, 5.74) is 0.851. The van der Waals surface area contributed by atoms with Crippen molar-refractivity contribution < 1.29 is 9.18 Å². The van der Waals surface area contributed by atoms with E-state index in [0.717, 1.165) is 26.2 Å². The third-order valence-electron chi connectivity index (χ3n) is 3.76. The van der Waals surface area contributed by atoms with Crippen molar-refractivity contribution in [2.24, 2.45) is 0 Å². The molecule has 8 heteroatoms. The summed E-state index contributed by atoms with van der Waals surface area (Å²) >= 11 is 0. The number of carbonyl (C=O) groups is 1. The van der Waals surface area contributed by atoms with Crippen LogP contribution >= 0.6 is 0 Å². The average Bonchev–Trinajstić information content (AvgIpc) is 2.56. The third kappa shape index (κ3) is 4.17. The van der Waals surface area contributed by atoms with Gasteiger partial charge in [-0.15, -0.1) is 0 Å². The molecule has 1 aromatic carbocycles. The van der Waals surface area contributed by atoms with E-state index >= 15 is 0 Å². The molecule has 2 heterocycles. The van der Waals surface area contributed by atoms with Crippen LogP contribution in [0.2, 0.25) is 0 Å². The minimum absolute atomic E-state index is 0.377. The van der Waals surface area contributed by atoms with Crippen molar-refractivity contribution in [3.63, 3.8) is 0 Å². The second-order valence-corrected chi connectivity index (χ2v) is 5.65. The van der Waals surface area contributed by atoms with Crippen LogP contribution in [0.5, 0.6) is 0 Å². The molecule has 7 nitrogen and oxygen atoms in total. The molecular formula is C16H19FN6O. The lowest BCUT2D eigenvalue weighted by molar-refractivity contribution is 0.262. The number of piperazine rings is 1. The van der Waals surface area contributed by atoms with Gasteiger partial charge in [0.15, 0.2) is 0 Å². The minimum Gasteiger partial charge on any atom is -0.338 e. The Labute approximate surface area is 139 Å². The fourth-order valence-corrected chi connectivity index (χ4v) is 2.42. The van der Waals surface area contributed by atoms with E-state index in [0.29, 0.717) is 17.3 Å². The largest absolute Gasteiger partial charge is 0.338 e. The van der Waals surface area contributed by atoms with E-state index in [9.17, 15) is 9.18 Å². The highest BCUT2D eigenvalue weighted by Crippen LogP contribution is 2.13. The van der Waals surface area contributed by atoms with Crippen molar-refractivity contribution >= 4 is 23.4 Å². The smallest absolute Gasteiger partial charge is 0.323 e. The zero-order chi connectivity index (χ0) is 16.9. The van der Waals surface area contributed by atoms with Gasteiger partial charge in [0.1, 0.15) is 5.82 Å². The Balaban J connectivity index is 1.56. The molecule has 1 fully saturated rings. The number of anilines is 3. The summed E-state index contributed by atoms with van der Waals surface area (Å²) in [7, 11) is 2.09. The number of halogens is 1. The first kappa shape index (κ1) is 16.1. The molecule has 1 aromatic heterocycles. The average molecular weight is 330 g/mol. The van der Waals surface area contributed by atoms with Crippen molar-refractivity contribution in [2.45, 2.75) is 0 Å². The predicted molar refractivity (Wildman–Crippen MR) is 90.8 cm³/mol. The highest BCUT2D eigenvalue weighted by atomic mass is 19.1. The fraction of sp³-hybridized carbons (Fsp3) is 0.312. The molecular weight excluding hydrogens is 311 g/mol. The lowest BCUT2D eigenvalue weighted by atomic mass is 10.3. The number of likely N-dealkylation sites (N-methyl/N-ethyl adjacent to an activating group) is 1. The van der Waals surface area contributed by atoms with Crippen molar-refractivity contribution in [1.82, 2.24) is 14.9 Å². The quantitative estimate of drug-likeness (QED) is 0.901. The molecule has 0 radical (unpaired) electrons. The summed E-state index contributed by atoms with van der Waals surface area (Å²) in [6.07, 6.45) is 3.12. The number of nitrogens with zero attached hydrogens (tertiary/aromatic N) is 4. The summed E-state index contributed by atoms with van der Waals surface area (Å²) in [6, 6.07) is 5.21. The molecule has 24 heavy (non-hydrogen) atoms. The van der Waals surface area contributed by atoms with E-state index in [-0.39, 0.29) is 0 Å². The van der Waals surface area contributed by atoms with E-state index in [1.54, 1.807) is 18.5 Å². The second kappa shape index (κ2) is 7.22. The van der Waals surface area contributed by atoms with Crippen molar-refractivity contribution in [3.05, 3.63) is 42.5 Å². The number of rotatable bonds is 3. The van der Waals surface area contributed by atoms with Crippen LogP contribution in [0.25, 0.3) is 0 Å². The van der Waals surface area contributed by atoms with Gasteiger partial charge in [0.2, 0.25) is 5.95 Å². The number of amides is 2. The molecule has 1 aliphatic heterocycles. The number of carbonyl (C=O) groups excluding carboxylic acids is 1. The molecule has 0 spiro atoms. The van der Waals surface area contributed by atoms with Gasteiger partial charge in [0, 0.05) is 31.9 Å². The van der Waals surface area contributed by atoms with E-state index in [1.165, 1.54) is 18.2 Å². The number of aromatic nitrogens is 2. The molecule has 0 bridgehead atoms. The van der Waals surface area contributed by atoms with E-state index < -0.39 is 11.8 Å². The number of urea groups is 1. The summed E-state index contributed by atoms with van der Waals surface area (Å²) in [4.78, 5) is 24.9. The molecule has 0 aliphatic carbocycles. The predicted octanol–water partition coefficient (Wildman–Crippen LogP) is 2.01.